The Morgan fingerprint density at radius 3 is 2.86 bits per heavy atom. The number of benzene rings is 2. The van der Waals surface area contributed by atoms with Crippen molar-refractivity contribution in [1.29, 1.82) is 0 Å². The first-order chi connectivity index (χ1) is 13.6. The van der Waals surface area contributed by atoms with Crippen molar-refractivity contribution in [2.45, 2.75) is 12.8 Å². The average molecular weight is 412 g/mol. The highest BCUT2D eigenvalue weighted by atomic mass is 35.5. The van der Waals surface area contributed by atoms with Crippen LogP contribution in [0.5, 0.6) is 5.75 Å². The van der Waals surface area contributed by atoms with Gasteiger partial charge in [-0.1, -0.05) is 29.8 Å². The molecule has 0 radical (unpaired) electrons. The monoisotopic (exact) mass is 411 g/mol. The molecule has 4 rings (SSSR count). The molecule has 2 aromatic heterocycles. The third-order valence-electron chi connectivity index (χ3n) is 4.39. The summed E-state index contributed by atoms with van der Waals surface area (Å²) in [5.41, 5.74) is 3.70. The molecule has 7 heteroatoms. The lowest BCUT2D eigenvalue weighted by Crippen LogP contribution is -2.12. The Balaban J connectivity index is 1.44. The van der Waals surface area contributed by atoms with E-state index in [4.69, 9.17) is 16.3 Å². The summed E-state index contributed by atoms with van der Waals surface area (Å²) in [6.07, 6.45) is 3.02. The van der Waals surface area contributed by atoms with Gasteiger partial charge in [-0.2, -0.15) is 0 Å². The number of amides is 1. The molecule has 28 heavy (non-hydrogen) atoms. The minimum absolute atomic E-state index is 0.0364. The van der Waals surface area contributed by atoms with E-state index < -0.39 is 0 Å². The molecule has 0 aliphatic carbocycles. The number of ether oxygens (including phenoxy) is 1. The lowest BCUT2D eigenvalue weighted by atomic mass is 10.2. The van der Waals surface area contributed by atoms with Gasteiger partial charge in [0.2, 0.25) is 5.91 Å². The summed E-state index contributed by atoms with van der Waals surface area (Å²) < 4.78 is 7.23. The first-order valence-electron chi connectivity index (χ1n) is 8.78. The number of hydrogen-bond donors (Lipinski definition) is 1. The third kappa shape index (κ3) is 4.03. The van der Waals surface area contributed by atoms with Gasteiger partial charge in [-0.05, 0) is 30.7 Å². The number of imidazole rings is 1. The Hall–Kier alpha value is -2.83. The number of carbonyl (C=O) groups is 1. The normalized spacial score (nSPS) is 10.9. The predicted octanol–water partition coefficient (Wildman–Crippen LogP) is 5.30. The summed E-state index contributed by atoms with van der Waals surface area (Å²) >= 11 is 7.53. The zero-order valence-corrected chi connectivity index (χ0v) is 16.8. The van der Waals surface area contributed by atoms with Crippen LogP contribution in [0, 0.1) is 0 Å². The number of anilines is 1. The molecule has 2 heterocycles. The van der Waals surface area contributed by atoms with Gasteiger partial charge in [-0.25, -0.2) is 4.98 Å². The van der Waals surface area contributed by atoms with E-state index in [2.05, 4.69) is 10.3 Å². The van der Waals surface area contributed by atoms with Gasteiger partial charge in [-0.3, -0.25) is 9.20 Å². The molecule has 0 aliphatic heterocycles. The standard InChI is InChI=1S/C21H18ClN3O2S/c1-27-18-4-2-3-16(11-18)23-20(26)10-9-17-13-28-21-24-19(12-25(17)21)14-5-7-15(22)8-6-14/h2-8,11-13H,9-10H2,1H3,(H,23,26). The Morgan fingerprint density at radius 1 is 1.25 bits per heavy atom. The summed E-state index contributed by atoms with van der Waals surface area (Å²) in [4.78, 5) is 17.9. The Labute approximate surface area is 171 Å². The van der Waals surface area contributed by atoms with Crippen molar-refractivity contribution in [1.82, 2.24) is 9.38 Å². The van der Waals surface area contributed by atoms with Gasteiger partial charge in [0.05, 0.1) is 12.8 Å². The lowest BCUT2D eigenvalue weighted by molar-refractivity contribution is -0.116. The van der Waals surface area contributed by atoms with Gasteiger partial charge in [0.25, 0.3) is 0 Å². The smallest absolute Gasteiger partial charge is 0.224 e. The number of fused-ring (bicyclic) bond motifs is 1. The molecule has 0 spiro atoms. The van der Waals surface area contributed by atoms with Crippen LogP contribution in [0.3, 0.4) is 0 Å². The summed E-state index contributed by atoms with van der Waals surface area (Å²) in [6, 6.07) is 15.0. The summed E-state index contributed by atoms with van der Waals surface area (Å²) in [7, 11) is 1.60. The SMILES string of the molecule is COc1cccc(NC(=O)CCc2csc3nc(-c4ccc(Cl)cc4)cn23)c1. The molecule has 142 valence electrons. The lowest BCUT2D eigenvalue weighted by Gasteiger charge is -2.06. The Bertz CT molecular complexity index is 1120. The van der Waals surface area contributed by atoms with Crippen LogP contribution < -0.4 is 10.1 Å². The Kier molecular flexibility index (Phi) is 5.32. The summed E-state index contributed by atoms with van der Waals surface area (Å²) in [6.45, 7) is 0. The van der Waals surface area contributed by atoms with Crippen molar-refractivity contribution in [2.75, 3.05) is 12.4 Å². The third-order valence-corrected chi connectivity index (χ3v) is 5.53. The van der Waals surface area contributed by atoms with Crippen molar-refractivity contribution in [3.63, 3.8) is 0 Å². The molecule has 1 N–H and O–H groups in total. The van der Waals surface area contributed by atoms with E-state index in [1.807, 2.05) is 58.4 Å². The maximum Gasteiger partial charge on any atom is 0.224 e. The van der Waals surface area contributed by atoms with Crippen LogP contribution >= 0.6 is 22.9 Å². The van der Waals surface area contributed by atoms with Gasteiger partial charge in [0, 0.05) is 46.0 Å². The zero-order chi connectivity index (χ0) is 19.5. The minimum Gasteiger partial charge on any atom is -0.497 e. The molecule has 5 nitrogen and oxygen atoms in total. The van der Waals surface area contributed by atoms with E-state index in [0.29, 0.717) is 23.6 Å². The molecule has 0 saturated heterocycles. The van der Waals surface area contributed by atoms with Crippen molar-refractivity contribution in [3.05, 3.63) is 70.8 Å². The van der Waals surface area contributed by atoms with E-state index in [9.17, 15) is 4.79 Å². The first-order valence-corrected chi connectivity index (χ1v) is 10.0. The molecule has 0 atom stereocenters. The molecule has 0 unspecified atom stereocenters. The van der Waals surface area contributed by atoms with Gasteiger partial charge in [0.15, 0.2) is 4.96 Å². The molecule has 1 amide bonds. The minimum atomic E-state index is -0.0364. The van der Waals surface area contributed by atoms with Crippen LogP contribution in [0.2, 0.25) is 5.02 Å². The van der Waals surface area contributed by atoms with Crippen LogP contribution in [0.1, 0.15) is 12.1 Å². The fourth-order valence-electron chi connectivity index (χ4n) is 2.93. The molecular formula is C21H18ClN3O2S. The second kappa shape index (κ2) is 8.04. The second-order valence-electron chi connectivity index (χ2n) is 6.29. The summed E-state index contributed by atoms with van der Waals surface area (Å²) in [5, 5.41) is 5.66. The van der Waals surface area contributed by atoms with E-state index in [1.165, 1.54) is 0 Å². The first kappa shape index (κ1) is 18.5. The molecule has 4 aromatic rings. The van der Waals surface area contributed by atoms with Crippen molar-refractivity contribution in [3.8, 4) is 17.0 Å². The number of thiazole rings is 1. The maximum atomic E-state index is 12.3. The topological polar surface area (TPSA) is 55.6 Å². The number of nitrogens with one attached hydrogen (secondary N) is 1. The van der Waals surface area contributed by atoms with Crippen LogP contribution in [-0.2, 0) is 11.2 Å². The van der Waals surface area contributed by atoms with Crippen LogP contribution in [0.25, 0.3) is 16.2 Å². The van der Waals surface area contributed by atoms with E-state index in [-0.39, 0.29) is 5.91 Å². The van der Waals surface area contributed by atoms with E-state index >= 15 is 0 Å². The van der Waals surface area contributed by atoms with Crippen molar-refractivity contribution >= 4 is 39.5 Å². The number of aryl methyl sites for hydroxylation is 1. The zero-order valence-electron chi connectivity index (χ0n) is 15.2. The number of nitrogens with zero attached hydrogens (tertiary/aromatic N) is 2. The molecule has 0 saturated carbocycles. The average Bonchev–Trinajstić information content (AvgIpc) is 3.28. The number of rotatable bonds is 6. The van der Waals surface area contributed by atoms with Gasteiger partial charge >= 0.3 is 0 Å². The quantitative estimate of drug-likeness (QED) is 0.468. The largest absolute Gasteiger partial charge is 0.497 e. The Morgan fingerprint density at radius 2 is 2.07 bits per heavy atom. The molecule has 0 aliphatic rings. The number of hydrogen-bond acceptors (Lipinski definition) is 4. The number of halogens is 1. The molecule has 0 fully saturated rings. The fourth-order valence-corrected chi connectivity index (χ4v) is 3.97. The van der Waals surface area contributed by atoms with Gasteiger partial charge in [0.1, 0.15) is 5.75 Å². The summed E-state index contributed by atoms with van der Waals surface area (Å²) in [5.74, 6) is 0.677. The number of carbonyl (C=O) groups excluding carboxylic acids is 1. The highest BCUT2D eigenvalue weighted by Crippen LogP contribution is 2.25. The van der Waals surface area contributed by atoms with Crippen LogP contribution in [-0.4, -0.2) is 22.4 Å². The second-order valence-corrected chi connectivity index (χ2v) is 7.57. The number of methoxy groups -OCH3 is 1. The van der Waals surface area contributed by atoms with Crippen molar-refractivity contribution in [2.24, 2.45) is 0 Å². The van der Waals surface area contributed by atoms with Crippen molar-refractivity contribution < 1.29 is 9.53 Å². The fraction of sp³-hybridized carbons (Fsp3) is 0.143. The number of aromatic nitrogens is 2. The van der Waals surface area contributed by atoms with Gasteiger partial charge in [-0.15, -0.1) is 11.3 Å². The highest BCUT2D eigenvalue weighted by Gasteiger charge is 2.11. The van der Waals surface area contributed by atoms with Crippen LogP contribution in [0.15, 0.2) is 60.1 Å². The molecule has 0 bridgehead atoms. The highest BCUT2D eigenvalue weighted by molar-refractivity contribution is 7.15. The van der Waals surface area contributed by atoms with E-state index in [0.717, 1.165) is 27.6 Å². The maximum absolute atomic E-state index is 12.3. The predicted molar refractivity (Wildman–Crippen MR) is 113 cm³/mol. The molecule has 2 aromatic carbocycles. The van der Waals surface area contributed by atoms with Gasteiger partial charge < -0.3 is 10.1 Å². The van der Waals surface area contributed by atoms with E-state index in [1.54, 1.807) is 24.5 Å². The molecular weight excluding hydrogens is 394 g/mol. The van der Waals surface area contributed by atoms with Crippen LogP contribution in [0.4, 0.5) is 5.69 Å².